The maximum absolute atomic E-state index is 14.4. The van der Waals surface area contributed by atoms with Gasteiger partial charge in [-0.3, -0.25) is 0 Å². The van der Waals surface area contributed by atoms with Crippen molar-refractivity contribution in [2.24, 2.45) is 16.1 Å². The third-order valence-electron chi connectivity index (χ3n) is 6.07. The zero-order chi connectivity index (χ0) is 22.6. The minimum Gasteiger partial charge on any atom is -0.462 e. The van der Waals surface area contributed by atoms with Crippen LogP contribution in [0, 0.1) is 23.2 Å². The Kier molecular flexibility index (Phi) is 4.19. The van der Waals surface area contributed by atoms with Crippen molar-refractivity contribution in [2.75, 3.05) is 19.8 Å². The molecule has 0 unspecified atom stereocenters. The van der Waals surface area contributed by atoms with E-state index in [4.69, 9.17) is 19.9 Å². The molecule has 1 spiro atoms. The maximum Gasteiger partial charge on any atom is 0.283 e. The summed E-state index contributed by atoms with van der Waals surface area (Å²) in [5, 5.41) is 0. The number of nitrogens with zero attached hydrogens (tertiary/aromatic N) is 3. The molecular weight excluding hydrogens is 423 g/mol. The van der Waals surface area contributed by atoms with Gasteiger partial charge in [-0.1, -0.05) is 12.0 Å². The van der Waals surface area contributed by atoms with Crippen molar-refractivity contribution in [3.05, 3.63) is 71.4 Å². The standard InChI is InChI=1S/C25H19FN4O3/c1-24(12-31-13-24)9-8-16-5-6-18-22(29-16)33-20-7-4-15(17-3-2-10-28-21(17)26)11-19(20)25(18)14-32-23(27)30-25/h2-7,10-11H,12-14H2,1H3,(H2,27,30)/t25-/m1/s1. The van der Waals surface area contributed by atoms with Gasteiger partial charge >= 0.3 is 0 Å². The highest BCUT2D eigenvalue weighted by Gasteiger charge is 2.47. The fraction of sp³-hybridized carbons (Fsp3) is 0.240. The topological polar surface area (TPSA) is 91.9 Å². The maximum atomic E-state index is 14.4. The molecule has 1 atom stereocenters. The summed E-state index contributed by atoms with van der Waals surface area (Å²) >= 11 is 0. The Morgan fingerprint density at radius 3 is 2.70 bits per heavy atom. The summed E-state index contributed by atoms with van der Waals surface area (Å²) < 4.78 is 31.4. The molecule has 0 saturated carbocycles. The van der Waals surface area contributed by atoms with E-state index in [1.165, 1.54) is 6.20 Å². The minimum atomic E-state index is -0.950. The average Bonchev–Trinajstić information content (AvgIpc) is 3.19. The molecule has 3 aromatic rings. The number of hydrogen-bond acceptors (Lipinski definition) is 7. The number of ether oxygens (including phenoxy) is 3. The Bertz CT molecular complexity index is 1390. The zero-order valence-corrected chi connectivity index (χ0v) is 17.8. The molecule has 3 aliphatic heterocycles. The van der Waals surface area contributed by atoms with Gasteiger partial charge in [0, 0.05) is 17.3 Å². The highest BCUT2D eigenvalue weighted by atomic mass is 19.1. The number of rotatable bonds is 1. The molecule has 8 heteroatoms. The van der Waals surface area contributed by atoms with E-state index in [0.29, 0.717) is 47.2 Å². The molecule has 0 bridgehead atoms. The van der Waals surface area contributed by atoms with E-state index in [1.807, 2.05) is 18.2 Å². The Morgan fingerprint density at radius 2 is 1.97 bits per heavy atom. The van der Waals surface area contributed by atoms with Gasteiger partial charge in [0.15, 0.2) is 5.54 Å². The summed E-state index contributed by atoms with van der Waals surface area (Å²) in [4.78, 5) is 13.0. The molecule has 164 valence electrons. The number of aromatic nitrogens is 2. The molecule has 33 heavy (non-hydrogen) atoms. The average molecular weight is 442 g/mol. The van der Waals surface area contributed by atoms with Crippen LogP contribution in [0.4, 0.5) is 4.39 Å². The van der Waals surface area contributed by atoms with Crippen molar-refractivity contribution in [3.8, 4) is 34.6 Å². The highest BCUT2D eigenvalue weighted by molar-refractivity contribution is 5.77. The lowest BCUT2D eigenvalue weighted by molar-refractivity contribution is -0.0648. The normalized spacial score (nSPS) is 21.5. The number of amidine groups is 1. The zero-order valence-electron chi connectivity index (χ0n) is 17.8. The van der Waals surface area contributed by atoms with Crippen LogP contribution in [0.5, 0.6) is 11.6 Å². The quantitative estimate of drug-likeness (QED) is 0.459. The van der Waals surface area contributed by atoms with E-state index in [2.05, 4.69) is 33.7 Å². The molecular formula is C25H19FN4O3. The van der Waals surface area contributed by atoms with E-state index >= 15 is 0 Å². The van der Waals surface area contributed by atoms with Crippen LogP contribution in [0.3, 0.4) is 0 Å². The van der Waals surface area contributed by atoms with Crippen molar-refractivity contribution in [3.63, 3.8) is 0 Å². The molecule has 0 amide bonds. The van der Waals surface area contributed by atoms with Crippen LogP contribution in [0.15, 0.2) is 53.7 Å². The van der Waals surface area contributed by atoms with Crippen molar-refractivity contribution in [1.29, 1.82) is 0 Å². The second kappa shape index (κ2) is 7.02. The van der Waals surface area contributed by atoms with Crippen LogP contribution in [0.1, 0.15) is 23.7 Å². The summed E-state index contributed by atoms with van der Waals surface area (Å²) in [5.74, 6) is 6.75. The number of halogens is 1. The monoisotopic (exact) mass is 442 g/mol. The number of hydrogen-bond donors (Lipinski definition) is 1. The smallest absolute Gasteiger partial charge is 0.283 e. The second-order valence-electron chi connectivity index (χ2n) is 8.61. The Hall–Kier alpha value is -3.96. The van der Waals surface area contributed by atoms with E-state index < -0.39 is 11.5 Å². The van der Waals surface area contributed by atoms with Gasteiger partial charge < -0.3 is 19.9 Å². The molecule has 5 heterocycles. The van der Waals surface area contributed by atoms with Crippen LogP contribution in [-0.2, 0) is 15.0 Å². The lowest BCUT2D eigenvalue weighted by Crippen LogP contribution is -2.38. The van der Waals surface area contributed by atoms with Crippen LogP contribution in [0.2, 0.25) is 0 Å². The molecule has 1 fully saturated rings. The van der Waals surface area contributed by atoms with Gasteiger partial charge in [-0.2, -0.15) is 4.39 Å². The minimum absolute atomic E-state index is 0.0773. The largest absolute Gasteiger partial charge is 0.462 e. The molecule has 7 nitrogen and oxygen atoms in total. The van der Waals surface area contributed by atoms with Gasteiger partial charge in [0.05, 0.1) is 24.2 Å². The molecule has 1 aromatic carbocycles. The number of aliphatic imine (C=N–C) groups is 1. The molecule has 0 radical (unpaired) electrons. The number of benzene rings is 1. The summed E-state index contributed by atoms with van der Waals surface area (Å²) in [5.41, 5.74) is 7.89. The van der Waals surface area contributed by atoms with E-state index in [0.717, 1.165) is 5.56 Å². The number of fused-ring (bicyclic) bond motifs is 4. The van der Waals surface area contributed by atoms with Crippen molar-refractivity contribution >= 4 is 6.02 Å². The first-order chi connectivity index (χ1) is 16.0. The van der Waals surface area contributed by atoms with Crippen molar-refractivity contribution in [2.45, 2.75) is 12.5 Å². The Morgan fingerprint density at radius 1 is 1.09 bits per heavy atom. The number of pyridine rings is 2. The second-order valence-corrected chi connectivity index (χ2v) is 8.61. The lowest BCUT2D eigenvalue weighted by Gasteiger charge is -2.33. The Labute approximate surface area is 189 Å². The van der Waals surface area contributed by atoms with Gasteiger partial charge in [0.1, 0.15) is 18.1 Å². The number of nitrogens with two attached hydrogens (primary N) is 1. The summed E-state index contributed by atoms with van der Waals surface area (Å²) in [7, 11) is 0. The van der Waals surface area contributed by atoms with Gasteiger partial charge in [-0.15, -0.1) is 0 Å². The first kappa shape index (κ1) is 19.7. The predicted molar refractivity (Wildman–Crippen MR) is 118 cm³/mol. The predicted octanol–water partition coefficient (Wildman–Crippen LogP) is 3.36. The van der Waals surface area contributed by atoms with Gasteiger partial charge in [0.2, 0.25) is 11.8 Å². The van der Waals surface area contributed by atoms with Crippen LogP contribution >= 0.6 is 0 Å². The van der Waals surface area contributed by atoms with E-state index in [1.54, 1.807) is 24.3 Å². The Balaban J connectivity index is 1.47. The fourth-order valence-electron chi connectivity index (χ4n) is 4.27. The van der Waals surface area contributed by atoms with E-state index in [-0.39, 0.29) is 18.0 Å². The molecule has 2 N–H and O–H groups in total. The van der Waals surface area contributed by atoms with Crippen LogP contribution in [-0.4, -0.2) is 35.8 Å². The molecule has 2 aromatic heterocycles. The summed E-state index contributed by atoms with van der Waals surface area (Å²) in [6.45, 7) is 3.47. The first-order valence-electron chi connectivity index (χ1n) is 10.5. The third-order valence-corrected chi connectivity index (χ3v) is 6.07. The summed E-state index contributed by atoms with van der Waals surface area (Å²) in [6, 6.07) is 12.6. The van der Waals surface area contributed by atoms with Crippen LogP contribution in [0.25, 0.3) is 11.1 Å². The van der Waals surface area contributed by atoms with E-state index in [9.17, 15) is 4.39 Å². The SMILES string of the molecule is CC1(C#Cc2ccc3c(n2)Oc2ccc(-c4cccnc4F)cc2[C@@]32COC(N)=N2)COC1. The van der Waals surface area contributed by atoms with Gasteiger partial charge in [0.25, 0.3) is 6.02 Å². The first-order valence-corrected chi connectivity index (χ1v) is 10.5. The highest BCUT2D eigenvalue weighted by Crippen LogP contribution is 2.51. The third kappa shape index (κ3) is 3.12. The fourth-order valence-corrected chi connectivity index (χ4v) is 4.27. The van der Waals surface area contributed by atoms with Crippen LogP contribution < -0.4 is 10.5 Å². The van der Waals surface area contributed by atoms with Gasteiger partial charge in [-0.25, -0.2) is 15.0 Å². The van der Waals surface area contributed by atoms with Gasteiger partial charge in [-0.05, 0) is 54.8 Å². The molecule has 1 saturated heterocycles. The molecule has 3 aliphatic rings. The van der Waals surface area contributed by atoms with Crippen molar-refractivity contribution in [1.82, 2.24) is 9.97 Å². The summed E-state index contributed by atoms with van der Waals surface area (Å²) in [6.07, 6.45) is 1.42. The molecule has 0 aliphatic carbocycles. The van der Waals surface area contributed by atoms with Crippen molar-refractivity contribution < 1.29 is 18.6 Å². The molecule has 6 rings (SSSR count). The lowest BCUT2D eigenvalue weighted by atomic mass is 9.81.